The molecule has 0 saturated carbocycles. The van der Waals surface area contributed by atoms with Gasteiger partial charge in [0.05, 0.1) is 12.5 Å². The lowest BCUT2D eigenvalue weighted by Gasteiger charge is -2.17. The third kappa shape index (κ3) is 5.90. The molecule has 0 atom stereocenters. The van der Waals surface area contributed by atoms with E-state index in [0.717, 1.165) is 4.90 Å². The quantitative estimate of drug-likeness (QED) is 0.806. The van der Waals surface area contributed by atoms with Crippen LogP contribution < -0.4 is 5.32 Å². The first-order valence-corrected chi connectivity index (χ1v) is 6.75. The van der Waals surface area contributed by atoms with Crippen molar-refractivity contribution in [2.24, 2.45) is 5.92 Å². The first kappa shape index (κ1) is 17.6. The van der Waals surface area contributed by atoms with E-state index in [9.17, 15) is 18.8 Å². The number of anilines is 1. The molecule has 0 fully saturated rings. The molecule has 0 spiro atoms. The number of esters is 1. The third-order valence-corrected chi connectivity index (χ3v) is 2.74. The normalized spacial score (nSPS) is 10.2. The molecule has 0 aromatic heterocycles. The van der Waals surface area contributed by atoms with E-state index < -0.39 is 30.2 Å². The number of hydrogen-bond acceptors (Lipinski definition) is 4. The second-order valence-electron chi connectivity index (χ2n) is 5.07. The number of carbonyl (C=O) groups excluding carboxylic acids is 3. The average molecular weight is 310 g/mol. The van der Waals surface area contributed by atoms with E-state index in [-0.39, 0.29) is 12.5 Å². The van der Waals surface area contributed by atoms with Crippen LogP contribution in [0, 0.1) is 11.7 Å². The SMILES string of the molecule is CC(C)C(=O)OCC(=O)N(C)CC(=O)Nc1ccc(F)cc1. The Hall–Kier alpha value is -2.44. The molecule has 0 aliphatic carbocycles. The highest BCUT2D eigenvalue weighted by Gasteiger charge is 2.16. The van der Waals surface area contributed by atoms with Crippen molar-refractivity contribution in [1.82, 2.24) is 4.90 Å². The second-order valence-corrected chi connectivity index (χ2v) is 5.07. The maximum Gasteiger partial charge on any atom is 0.308 e. The smallest absolute Gasteiger partial charge is 0.308 e. The zero-order chi connectivity index (χ0) is 16.7. The van der Waals surface area contributed by atoms with Crippen molar-refractivity contribution in [2.75, 3.05) is 25.5 Å². The van der Waals surface area contributed by atoms with Gasteiger partial charge in [-0.1, -0.05) is 13.8 Å². The number of nitrogens with one attached hydrogen (secondary N) is 1. The maximum absolute atomic E-state index is 12.7. The zero-order valence-electron chi connectivity index (χ0n) is 12.8. The van der Waals surface area contributed by atoms with Crippen LogP contribution in [0.25, 0.3) is 0 Å². The summed E-state index contributed by atoms with van der Waals surface area (Å²) >= 11 is 0. The summed E-state index contributed by atoms with van der Waals surface area (Å²) in [6.07, 6.45) is 0. The summed E-state index contributed by atoms with van der Waals surface area (Å²) in [5.41, 5.74) is 0.429. The molecule has 22 heavy (non-hydrogen) atoms. The minimum absolute atomic E-state index is 0.199. The minimum atomic E-state index is -0.483. The molecule has 1 aromatic carbocycles. The number of benzene rings is 1. The van der Waals surface area contributed by atoms with E-state index in [1.54, 1.807) is 13.8 Å². The van der Waals surface area contributed by atoms with Crippen LogP contribution >= 0.6 is 0 Å². The molecule has 0 aliphatic heterocycles. The van der Waals surface area contributed by atoms with Crippen LogP contribution in [0.15, 0.2) is 24.3 Å². The first-order chi connectivity index (χ1) is 10.3. The van der Waals surface area contributed by atoms with Crippen LogP contribution in [0.3, 0.4) is 0 Å². The predicted molar refractivity (Wildman–Crippen MR) is 78.5 cm³/mol. The number of nitrogens with zero attached hydrogens (tertiary/aromatic N) is 1. The Morgan fingerprint density at radius 3 is 2.36 bits per heavy atom. The predicted octanol–water partition coefficient (Wildman–Crippen LogP) is 1.42. The number of rotatable bonds is 6. The molecular weight excluding hydrogens is 291 g/mol. The van der Waals surface area contributed by atoms with E-state index in [2.05, 4.69) is 5.32 Å². The van der Waals surface area contributed by atoms with Crippen molar-refractivity contribution in [1.29, 1.82) is 0 Å². The fourth-order valence-electron chi connectivity index (χ4n) is 1.45. The van der Waals surface area contributed by atoms with Gasteiger partial charge in [-0.05, 0) is 24.3 Å². The molecule has 1 aromatic rings. The molecule has 1 rings (SSSR count). The molecule has 0 bridgehead atoms. The fraction of sp³-hybridized carbons (Fsp3) is 0.400. The Bertz CT molecular complexity index is 543. The third-order valence-electron chi connectivity index (χ3n) is 2.74. The lowest BCUT2D eigenvalue weighted by atomic mass is 10.2. The van der Waals surface area contributed by atoms with Crippen molar-refractivity contribution in [3.8, 4) is 0 Å². The van der Waals surface area contributed by atoms with Gasteiger partial charge in [0.1, 0.15) is 5.82 Å². The number of ether oxygens (including phenoxy) is 1. The molecule has 6 nitrogen and oxygen atoms in total. The molecule has 0 aliphatic rings. The van der Waals surface area contributed by atoms with Gasteiger partial charge < -0.3 is 15.0 Å². The van der Waals surface area contributed by atoms with Gasteiger partial charge in [0.15, 0.2) is 6.61 Å². The fourth-order valence-corrected chi connectivity index (χ4v) is 1.45. The number of carbonyl (C=O) groups is 3. The highest BCUT2D eigenvalue weighted by atomic mass is 19.1. The second kappa shape index (κ2) is 8.11. The van der Waals surface area contributed by atoms with Gasteiger partial charge >= 0.3 is 5.97 Å². The van der Waals surface area contributed by atoms with Crippen LogP contribution in [0.4, 0.5) is 10.1 Å². The maximum atomic E-state index is 12.7. The van der Waals surface area contributed by atoms with E-state index in [1.807, 2.05) is 0 Å². The van der Waals surface area contributed by atoms with Crippen molar-refractivity contribution >= 4 is 23.5 Å². The summed E-state index contributed by atoms with van der Waals surface area (Å²) in [5.74, 6) is -2.12. The minimum Gasteiger partial charge on any atom is -0.455 e. The molecule has 0 heterocycles. The van der Waals surface area contributed by atoms with E-state index in [1.165, 1.54) is 31.3 Å². The average Bonchev–Trinajstić information content (AvgIpc) is 2.46. The molecule has 0 radical (unpaired) electrons. The monoisotopic (exact) mass is 310 g/mol. The number of likely N-dealkylation sites (N-methyl/N-ethyl adjacent to an activating group) is 1. The van der Waals surface area contributed by atoms with E-state index in [4.69, 9.17) is 4.74 Å². The standard InChI is InChI=1S/C15H19FN2O4/c1-10(2)15(21)22-9-14(20)18(3)8-13(19)17-12-6-4-11(16)5-7-12/h4-7,10H,8-9H2,1-3H3,(H,17,19). The summed E-state index contributed by atoms with van der Waals surface area (Å²) in [4.78, 5) is 35.9. The summed E-state index contributed by atoms with van der Waals surface area (Å²) in [6.45, 7) is 2.71. The van der Waals surface area contributed by atoms with Crippen LogP contribution in [0.5, 0.6) is 0 Å². The highest BCUT2D eigenvalue weighted by molar-refractivity contribution is 5.94. The van der Waals surface area contributed by atoms with Gasteiger partial charge in [0.25, 0.3) is 5.91 Å². The van der Waals surface area contributed by atoms with Gasteiger partial charge in [-0.25, -0.2) is 4.39 Å². The summed E-state index contributed by atoms with van der Waals surface area (Å²) < 4.78 is 17.5. The zero-order valence-corrected chi connectivity index (χ0v) is 12.8. The van der Waals surface area contributed by atoms with Crippen molar-refractivity contribution < 1.29 is 23.5 Å². The van der Waals surface area contributed by atoms with Gasteiger partial charge in [0, 0.05) is 12.7 Å². The summed E-state index contributed by atoms with van der Waals surface area (Å²) in [5, 5.41) is 2.53. The Balaban J connectivity index is 2.41. The Kier molecular flexibility index (Phi) is 6.49. The van der Waals surface area contributed by atoms with Gasteiger partial charge in [-0.3, -0.25) is 14.4 Å². The molecule has 0 saturated heterocycles. The Morgan fingerprint density at radius 2 is 1.82 bits per heavy atom. The van der Waals surface area contributed by atoms with Gasteiger partial charge in [0.2, 0.25) is 5.91 Å². The van der Waals surface area contributed by atoms with E-state index in [0.29, 0.717) is 5.69 Å². The van der Waals surface area contributed by atoms with Gasteiger partial charge in [-0.2, -0.15) is 0 Å². The summed E-state index contributed by atoms with van der Waals surface area (Å²) in [7, 11) is 1.43. The number of halogens is 1. The molecule has 2 amide bonds. The van der Waals surface area contributed by atoms with Crippen LogP contribution in [-0.2, 0) is 19.1 Å². The van der Waals surface area contributed by atoms with E-state index >= 15 is 0 Å². The topological polar surface area (TPSA) is 75.7 Å². The number of amides is 2. The summed E-state index contributed by atoms with van der Waals surface area (Å²) in [6, 6.07) is 5.27. The molecule has 0 unspecified atom stereocenters. The van der Waals surface area contributed by atoms with Crippen LogP contribution in [0.2, 0.25) is 0 Å². The lowest BCUT2D eigenvalue weighted by Crippen LogP contribution is -2.37. The van der Waals surface area contributed by atoms with Crippen molar-refractivity contribution in [2.45, 2.75) is 13.8 Å². The molecule has 120 valence electrons. The first-order valence-electron chi connectivity index (χ1n) is 6.75. The number of hydrogen-bond donors (Lipinski definition) is 1. The molecule has 1 N–H and O–H groups in total. The Labute approximate surface area is 128 Å². The van der Waals surface area contributed by atoms with Gasteiger partial charge in [-0.15, -0.1) is 0 Å². The highest BCUT2D eigenvalue weighted by Crippen LogP contribution is 2.08. The molecular formula is C15H19FN2O4. The van der Waals surface area contributed by atoms with Crippen LogP contribution in [0.1, 0.15) is 13.8 Å². The molecule has 7 heteroatoms. The van der Waals surface area contributed by atoms with Crippen molar-refractivity contribution in [3.05, 3.63) is 30.1 Å². The lowest BCUT2D eigenvalue weighted by molar-refractivity contribution is -0.154. The largest absolute Gasteiger partial charge is 0.455 e. The van der Waals surface area contributed by atoms with Crippen molar-refractivity contribution in [3.63, 3.8) is 0 Å². The Morgan fingerprint density at radius 1 is 1.23 bits per heavy atom. The van der Waals surface area contributed by atoms with Crippen LogP contribution in [-0.4, -0.2) is 42.9 Å².